The molecule has 1 fully saturated rings. The molecule has 1 amide bonds. The molecule has 1 aliphatic heterocycles. The number of likely N-dealkylation sites (tertiary alicyclic amines) is 1. The quantitative estimate of drug-likeness (QED) is 0.787. The van der Waals surface area contributed by atoms with Crippen LogP contribution in [-0.2, 0) is 13.0 Å². The normalized spacial score (nSPS) is 18.6. The Kier molecular flexibility index (Phi) is 4.58. The summed E-state index contributed by atoms with van der Waals surface area (Å²) in [5, 5.41) is 5.04. The second-order valence-electron chi connectivity index (χ2n) is 7.87. The summed E-state index contributed by atoms with van der Waals surface area (Å²) < 4.78 is 1.81. The van der Waals surface area contributed by atoms with E-state index < -0.39 is 0 Å². The zero-order chi connectivity index (χ0) is 19.2. The highest BCUT2D eigenvalue weighted by atomic mass is 35.5. The lowest BCUT2D eigenvalue weighted by Gasteiger charge is -2.43. The minimum atomic E-state index is -0.0294. The molecule has 0 unspecified atom stereocenters. The SMILES string of the molecule is CCn1ncc2c1C(=O)CC1(CCN(C(=O)c3ccc(Cl)c(C)c3)CC1)C2. The summed E-state index contributed by atoms with van der Waals surface area (Å²) in [6.45, 7) is 6.01. The molecule has 2 aliphatic rings. The molecule has 0 atom stereocenters. The van der Waals surface area contributed by atoms with Gasteiger partial charge < -0.3 is 4.90 Å². The number of aryl methyl sites for hydroxylation is 2. The number of rotatable bonds is 2. The Morgan fingerprint density at radius 2 is 2.00 bits per heavy atom. The minimum Gasteiger partial charge on any atom is -0.339 e. The highest BCUT2D eigenvalue weighted by Crippen LogP contribution is 2.43. The van der Waals surface area contributed by atoms with Gasteiger partial charge >= 0.3 is 0 Å². The fourth-order valence-electron chi connectivity index (χ4n) is 4.51. The first-order chi connectivity index (χ1) is 12.9. The molecular formula is C21H24ClN3O2. The summed E-state index contributed by atoms with van der Waals surface area (Å²) in [6, 6.07) is 5.42. The second kappa shape index (κ2) is 6.79. The van der Waals surface area contributed by atoms with Crippen LogP contribution >= 0.6 is 11.6 Å². The number of hydrogen-bond acceptors (Lipinski definition) is 3. The van der Waals surface area contributed by atoms with Gasteiger partial charge in [-0.15, -0.1) is 0 Å². The van der Waals surface area contributed by atoms with Gasteiger partial charge in [0.25, 0.3) is 5.91 Å². The molecule has 0 radical (unpaired) electrons. The van der Waals surface area contributed by atoms with Crippen molar-refractivity contribution in [3.05, 3.63) is 51.8 Å². The lowest BCUT2D eigenvalue weighted by atomic mass is 9.67. The molecule has 4 rings (SSSR count). The van der Waals surface area contributed by atoms with Crippen molar-refractivity contribution in [1.29, 1.82) is 0 Å². The topological polar surface area (TPSA) is 55.2 Å². The van der Waals surface area contributed by atoms with Gasteiger partial charge in [0, 0.05) is 42.2 Å². The van der Waals surface area contributed by atoms with E-state index in [0.29, 0.717) is 30.1 Å². The summed E-state index contributed by atoms with van der Waals surface area (Å²) in [4.78, 5) is 27.5. The molecule has 1 saturated heterocycles. The molecule has 1 spiro atoms. The van der Waals surface area contributed by atoms with Gasteiger partial charge in [-0.05, 0) is 62.3 Å². The van der Waals surface area contributed by atoms with Crippen molar-refractivity contribution in [3.63, 3.8) is 0 Å². The molecule has 0 bridgehead atoms. The van der Waals surface area contributed by atoms with Crippen LogP contribution in [0.25, 0.3) is 0 Å². The fraction of sp³-hybridized carbons (Fsp3) is 0.476. The summed E-state index contributed by atoms with van der Waals surface area (Å²) in [5.74, 6) is 0.245. The maximum atomic E-state index is 12.8. The number of fused-ring (bicyclic) bond motifs is 1. The number of hydrogen-bond donors (Lipinski definition) is 0. The van der Waals surface area contributed by atoms with Crippen molar-refractivity contribution in [3.8, 4) is 0 Å². The predicted octanol–water partition coefficient (Wildman–Crippen LogP) is 3.92. The summed E-state index contributed by atoms with van der Waals surface area (Å²) >= 11 is 6.07. The Balaban J connectivity index is 1.48. The van der Waals surface area contributed by atoms with Crippen LogP contribution in [0.2, 0.25) is 5.02 Å². The standard InChI is InChI=1S/C21H24ClN3O2/c1-3-25-19-16(13-23-25)11-21(12-18(19)26)6-8-24(9-7-21)20(27)15-4-5-17(22)14(2)10-15/h4-5,10,13H,3,6-9,11-12H2,1-2H3. The van der Waals surface area contributed by atoms with Gasteiger partial charge in [0.2, 0.25) is 0 Å². The number of piperidine rings is 1. The van der Waals surface area contributed by atoms with E-state index in [-0.39, 0.29) is 17.1 Å². The average Bonchev–Trinajstić information content (AvgIpc) is 3.07. The molecule has 1 aliphatic carbocycles. The van der Waals surface area contributed by atoms with Crippen molar-refractivity contribution in [2.24, 2.45) is 5.41 Å². The highest BCUT2D eigenvalue weighted by Gasteiger charge is 2.43. The first-order valence-electron chi connectivity index (χ1n) is 9.56. The van der Waals surface area contributed by atoms with E-state index in [2.05, 4.69) is 5.10 Å². The summed E-state index contributed by atoms with van der Waals surface area (Å²) in [6.07, 6.45) is 5.01. The van der Waals surface area contributed by atoms with Gasteiger partial charge in [-0.1, -0.05) is 11.6 Å². The molecule has 5 nitrogen and oxygen atoms in total. The third kappa shape index (κ3) is 3.18. The molecule has 0 N–H and O–H groups in total. The molecule has 0 saturated carbocycles. The monoisotopic (exact) mass is 385 g/mol. The van der Waals surface area contributed by atoms with Crippen LogP contribution in [-0.4, -0.2) is 39.5 Å². The Morgan fingerprint density at radius 3 is 2.67 bits per heavy atom. The second-order valence-corrected chi connectivity index (χ2v) is 8.27. The molecule has 27 heavy (non-hydrogen) atoms. The molecule has 2 heterocycles. The number of aromatic nitrogens is 2. The number of halogens is 1. The molecular weight excluding hydrogens is 362 g/mol. The van der Waals surface area contributed by atoms with E-state index in [1.54, 1.807) is 12.1 Å². The smallest absolute Gasteiger partial charge is 0.253 e. The van der Waals surface area contributed by atoms with Gasteiger partial charge in [-0.3, -0.25) is 14.3 Å². The van der Waals surface area contributed by atoms with Crippen LogP contribution < -0.4 is 0 Å². The van der Waals surface area contributed by atoms with Crippen molar-refractivity contribution < 1.29 is 9.59 Å². The number of carbonyl (C=O) groups excluding carboxylic acids is 2. The van der Waals surface area contributed by atoms with Crippen LogP contribution in [0.3, 0.4) is 0 Å². The number of amides is 1. The third-order valence-corrected chi connectivity index (χ3v) is 6.52. The number of benzene rings is 1. The summed E-state index contributed by atoms with van der Waals surface area (Å²) in [7, 11) is 0. The maximum Gasteiger partial charge on any atom is 0.253 e. The molecule has 1 aromatic heterocycles. The fourth-order valence-corrected chi connectivity index (χ4v) is 4.62. The van der Waals surface area contributed by atoms with Crippen LogP contribution in [0.15, 0.2) is 24.4 Å². The first-order valence-corrected chi connectivity index (χ1v) is 9.93. The Hall–Kier alpha value is -2.14. The van der Waals surface area contributed by atoms with Crippen LogP contribution in [0, 0.1) is 12.3 Å². The van der Waals surface area contributed by atoms with Crippen molar-refractivity contribution in [2.75, 3.05) is 13.1 Å². The van der Waals surface area contributed by atoms with Crippen molar-refractivity contribution >= 4 is 23.3 Å². The van der Waals surface area contributed by atoms with Gasteiger partial charge in [0.1, 0.15) is 5.69 Å². The number of carbonyl (C=O) groups is 2. The largest absolute Gasteiger partial charge is 0.339 e. The summed E-state index contributed by atoms with van der Waals surface area (Å²) in [5.41, 5.74) is 3.42. The van der Waals surface area contributed by atoms with Crippen LogP contribution in [0.4, 0.5) is 0 Å². The van der Waals surface area contributed by atoms with E-state index in [1.165, 1.54) is 0 Å². The maximum absolute atomic E-state index is 12.8. The third-order valence-electron chi connectivity index (χ3n) is 6.10. The first kappa shape index (κ1) is 18.2. The van der Waals surface area contributed by atoms with Crippen molar-refractivity contribution in [1.82, 2.24) is 14.7 Å². The molecule has 2 aromatic rings. The molecule has 142 valence electrons. The Morgan fingerprint density at radius 1 is 1.26 bits per heavy atom. The molecule has 1 aromatic carbocycles. The lowest BCUT2D eigenvalue weighted by Crippen LogP contribution is -2.46. The van der Waals surface area contributed by atoms with E-state index >= 15 is 0 Å². The number of nitrogens with zero attached hydrogens (tertiary/aromatic N) is 3. The van der Waals surface area contributed by atoms with E-state index in [4.69, 9.17) is 11.6 Å². The van der Waals surface area contributed by atoms with Crippen LogP contribution in [0.5, 0.6) is 0 Å². The molecule has 6 heteroatoms. The van der Waals surface area contributed by atoms with Crippen LogP contribution in [0.1, 0.15) is 58.2 Å². The van der Waals surface area contributed by atoms with Gasteiger partial charge in [-0.2, -0.15) is 5.10 Å². The van der Waals surface area contributed by atoms with Crippen molar-refractivity contribution in [2.45, 2.75) is 46.1 Å². The lowest BCUT2D eigenvalue weighted by molar-refractivity contribution is 0.0518. The Labute approximate surface area is 164 Å². The van der Waals surface area contributed by atoms with E-state index in [9.17, 15) is 9.59 Å². The van der Waals surface area contributed by atoms with E-state index in [1.807, 2.05) is 35.7 Å². The average molecular weight is 386 g/mol. The zero-order valence-corrected chi connectivity index (χ0v) is 16.6. The highest BCUT2D eigenvalue weighted by molar-refractivity contribution is 6.31. The number of Topliss-reactive ketones (excluding diaryl/α,β-unsaturated/α-hetero) is 1. The van der Waals surface area contributed by atoms with E-state index in [0.717, 1.165) is 42.6 Å². The van der Waals surface area contributed by atoms with Gasteiger partial charge in [0.05, 0.1) is 6.20 Å². The Bertz CT molecular complexity index is 910. The number of ketones is 1. The predicted molar refractivity (Wildman–Crippen MR) is 104 cm³/mol. The zero-order valence-electron chi connectivity index (χ0n) is 15.8. The van der Waals surface area contributed by atoms with Gasteiger partial charge in [0.15, 0.2) is 5.78 Å². The van der Waals surface area contributed by atoms with Gasteiger partial charge in [-0.25, -0.2) is 0 Å². The minimum absolute atomic E-state index is 0.0294.